The number of aromatic nitrogens is 4. The van der Waals surface area contributed by atoms with Gasteiger partial charge in [-0.15, -0.1) is 0 Å². The average molecular weight is 588 g/mol. The fourth-order valence-electron chi connectivity index (χ4n) is 5.52. The minimum absolute atomic E-state index is 0.379. The lowest BCUT2D eigenvalue weighted by atomic mass is 9.99. The Morgan fingerprint density at radius 1 is 0.886 bits per heavy atom. The predicted molar refractivity (Wildman–Crippen MR) is 166 cm³/mol. The van der Waals surface area contributed by atoms with Gasteiger partial charge in [-0.05, 0) is 79.2 Å². The molecule has 1 aliphatic rings. The number of amides is 1. The van der Waals surface area contributed by atoms with Crippen LogP contribution in [0.15, 0.2) is 97.3 Å². The number of carbonyl (C=O) groups excluding carboxylic acids is 1. The van der Waals surface area contributed by atoms with Crippen LogP contribution < -0.4 is 10.6 Å². The highest BCUT2D eigenvalue weighted by Gasteiger charge is 2.20. The summed E-state index contributed by atoms with van der Waals surface area (Å²) in [6.45, 7) is 1.95. The summed E-state index contributed by atoms with van der Waals surface area (Å²) in [5.41, 5.74) is 7.00. The molecule has 0 radical (unpaired) electrons. The second-order valence-electron chi connectivity index (χ2n) is 10.7. The van der Waals surface area contributed by atoms with Gasteiger partial charge in [0.2, 0.25) is 5.95 Å². The zero-order valence-electron chi connectivity index (χ0n) is 23.8. The van der Waals surface area contributed by atoms with Gasteiger partial charge in [0.1, 0.15) is 5.65 Å². The van der Waals surface area contributed by atoms with Crippen LogP contribution in [-0.2, 0) is 13.0 Å². The monoisotopic (exact) mass is 587 g/mol. The van der Waals surface area contributed by atoms with E-state index in [0.717, 1.165) is 37.0 Å². The van der Waals surface area contributed by atoms with Crippen molar-refractivity contribution in [2.75, 3.05) is 24.2 Å². The average Bonchev–Trinajstić information content (AvgIpc) is 3.42. The summed E-state index contributed by atoms with van der Waals surface area (Å²) < 4.78 is 29.9. The van der Waals surface area contributed by atoms with Gasteiger partial charge in [-0.1, -0.05) is 30.3 Å². The number of pyridine rings is 1. The summed E-state index contributed by atoms with van der Waals surface area (Å²) in [5, 5.41) is 6.03. The molecule has 0 saturated carbocycles. The molecule has 0 fully saturated rings. The van der Waals surface area contributed by atoms with E-state index in [4.69, 9.17) is 9.97 Å². The van der Waals surface area contributed by atoms with Gasteiger partial charge >= 0.3 is 0 Å². The van der Waals surface area contributed by atoms with Gasteiger partial charge in [-0.2, -0.15) is 0 Å². The van der Waals surface area contributed by atoms with Crippen LogP contribution in [-0.4, -0.2) is 43.8 Å². The van der Waals surface area contributed by atoms with E-state index >= 15 is 0 Å². The van der Waals surface area contributed by atoms with E-state index in [1.807, 2.05) is 40.9 Å². The molecule has 44 heavy (non-hydrogen) atoms. The smallest absolute Gasteiger partial charge is 0.258 e. The highest BCUT2D eigenvalue weighted by atomic mass is 19.2. The van der Waals surface area contributed by atoms with Crippen molar-refractivity contribution >= 4 is 28.9 Å². The molecule has 0 bridgehead atoms. The number of anilines is 3. The molecule has 0 aliphatic carbocycles. The molecule has 6 aromatic rings. The van der Waals surface area contributed by atoms with E-state index in [1.54, 1.807) is 24.4 Å². The van der Waals surface area contributed by atoms with E-state index in [9.17, 15) is 13.6 Å². The van der Waals surface area contributed by atoms with Gasteiger partial charge in [0.15, 0.2) is 11.6 Å². The first-order valence-corrected chi connectivity index (χ1v) is 14.2. The van der Waals surface area contributed by atoms with Gasteiger partial charge in [0.25, 0.3) is 5.91 Å². The van der Waals surface area contributed by atoms with Crippen LogP contribution in [0.1, 0.15) is 21.5 Å². The van der Waals surface area contributed by atoms with E-state index in [0.29, 0.717) is 34.2 Å². The maximum absolute atomic E-state index is 14.3. The third-order valence-electron chi connectivity index (χ3n) is 7.68. The van der Waals surface area contributed by atoms with Crippen LogP contribution in [0.25, 0.3) is 28.3 Å². The SMILES string of the molecule is CN1CCc2ccc(Nc3nccc(-c4c(-c5cccc(NC(=O)c6cccc(F)c6F)c5)nc5ccccn45)n3)cc2C1. The molecule has 1 aliphatic heterocycles. The van der Waals surface area contributed by atoms with Crippen LogP contribution >= 0.6 is 0 Å². The van der Waals surface area contributed by atoms with Crippen molar-refractivity contribution in [2.45, 2.75) is 13.0 Å². The Labute approximate surface area is 252 Å². The minimum Gasteiger partial charge on any atom is -0.324 e. The van der Waals surface area contributed by atoms with Gasteiger partial charge in [0.05, 0.1) is 22.6 Å². The third-order valence-corrected chi connectivity index (χ3v) is 7.68. The summed E-state index contributed by atoms with van der Waals surface area (Å²) in [6, 6.07) is 24.5. The number of fused-ring (bicyclic) bond motifs is 2. The fourth-order valence-corrected chi connectivity index (χ4v) is 5.52. The van der Waals surface area contributed by atoms with Crippen molar-refractivity contribution in [3.05, 3.63) is 126 Å². The molecule has 218 valence electrons. The number of hydrogen-bond donors (Lipinski definition) is 2. The number of carbonyl (C=O) groups is 1. The van der Waals surface area contributed by atoms with Gasteiger partial charge in [-0.3, -0.25) is 9.20 Å². The predicted octanol–water partition coefficient (Wildman–Crippen LogP) is 6.72. The molecule has 0 atom stereocenters. The van der Waals surface area contributed by atoms with Gasteiger partial charge in [-0.25, -0.2) is 23.7 Å². The molecule has 0 unspecified atom stereocenters. The summed E-state index contributed by atoms with van der Waals surface area (Å²) in [4.78, 5) is 29.3. The second-order valence-corrected chi connectivity index (χ2v) is 10.7. The first-order valence-electron chi connectivity index (χ1n) is 14.2. The number of likely N-dealkylation sites (N-methyl/N-ethyl adjacent to an activating group) is 1. The zero-order chi connectivity index (χ0) is 30.2. The number of nitrogens with one attached hydrogen (secondary N) is 2. The highest BCUT2D eigenvalue weighted by molar-refractivity contribution is 6.04. The van der Waals surface area contributed by atoms with Crippen molar-refractivity contribution in [3.8, 4) is 22.6 Å². The Balaban J connectivity index is 1.23. The van der Waals surface area contributed by atoms with E-state index in [-0.39, 0.29) is 5.56 Å². The number of nitrogens with zero attached hydrogens (tertiary/aromatic N) is 5. The van der Waals surface area contributed by atoms with Crippen molar-refractivity contribution < 1.29 is 13.6 Å². The molecule has 8 nitrogen and oxygen atoms in total. The Hall–Kier alpha value is -5.48. The maximum atomic E-state index is 14.3. The van der Waals surface area contributed by atoms with Crippen molar-refractivity contribution in [1.82, 2.24) is 24.3 Å². The summed E-state index contributed by atoms with van der Waals surface area (Å²) >= 11 is 0. The van der Waals surface area contributed by atoms with Crippen molar-refractivity contribution in [3.63, 3.8) is 0 Å². The molecule has 7 rings (SSSR count). The first-order chi connectivity index (χ1) is 21.4. The van der Waals surface area contributed by atoms with Gasteiger partial charge < -0.3 is 15.5 Å². The Morgan fingerprint density at radius 2 is 1.77 bits per heavy atom. The molecule has 3 aromatic heterocycles. The number of halogens is 2. The van der Waals surface area contributed by atoms with E-state index < -0.39 is 17.5 Å². The molecule has 0 saturated heterocycles. The standard InChI is InChI=1S/C34H27F2N7O/c1-42-17-14-21-11-12-25(19-23(21)20-42)39-34-37-15-13-28(40-34)32-31(41-29-10-2-3-16-43(29)32)22-6-4-7-24(18-22)38-33(44)26-8-5-9-27(35)30(26)36/h2-13,15-16,18-19H,14,17,20H2,1H3,(H,38,44)(H,37,39,40). The van der Waals surface area contributed by atoms with E-state index in [1.165, 1.54) is 23.3 Å². The largest absolute Gasteiger partial charge is 0.324 e. The number of imidazole rings is 1. The Kier molecular flexibility index (Phi) is 7.03. The van der Waals surface area contributed by atoms with Crippen LogP contribution in [0, 0.1) is 11.6 Å². The fraction of sp³-hybridized carbons (Fsp3) is 0.118. The topological polar surface area (TPSA) is 87.5 Å². The van der Waals surface area contributed by atoms with Crippen molar-refractivity contribution in [1.29, 1.82) is 0 Å². The second kappa shape index (κ2) is 11.3. The number of hydrogen-bond acceptors (Lipinski definition) is 6. The lowest BCUT2D eigenvalue weighted by molar-refractivity contribution is 0.102. The molecule has 10 heteroatoms. The summed E-state index contributed by atoms with van der Waals surface area (Å²) in [5.74, 6) is -2.59. The first kappa shape index (κ1) is 27.4. The molecule has 1 amide bonds. The molecule has 4 heterocycles. The van der Waals surface area contributed by atoms with Crippen LogP contribution in [0.3, 0.4) is 0 Å². The molecular formula is C34H27F2N7O. The Bertz CT molecular complexity index is 2040. The molecular weight excluding hydrogens is 560 g/mol. The normalized spacial score (nSPS) is 13.1. The lowest BCUT2D eigenvalue weighted by Gasteiger charge is -2.25. The van der Waals surface area contributed by atoms with Crippen molar-refractivity contribution in [2.24, 2.45) is 0 Å². The van der Waals surface area contributed by atoms with E-state index in [2.05, 4.69) is 45.8 Å². The summed E-state index contributed by atoms with van der Waals surface area (Å²) in [6.07, 6.45) is 4.64. The van der Waals surface area contributed by atoms with Crippen LogP contribution in [0.5, 0.6) is 0 Å². The number of rotatable bonds is 6. The zero-order valence-corrected chi connectivity index (χ0v) is 23.8. The minimum atomic E-state index is -1.19. The summed E-state index contributed by atoms with van der Waals surface area (Å²) in [7, 11) is 2.12. The molecule has 3 aromatic carbocycles. The molecule has 0 spiro atoms. The lowest BCUT2D eigenvalue weighted by Crippen LogP contribution is -2.26. The van der Waals surface area contributed by atoms with Gasteiger partial charge in [0, 0.05) is 42.4 Å². The van der Waals surface area contributed by atoms with Crippen LogP contribution in [0.4, 0.5) is 26.1 Å². The maximum Gasteiger partial charge on any atom is 0.258 e. The third kappa shape index (κ3) is 5.27. The quantitative estimate of drug-likeness (QED) is 0.225. The molecule has 2 N–H and O–H groups in total. The highest BCUT2D eigenvalue weighted by Crippen LogP contribution is 2.34. The Morgan fingerprint density at radius 3 is 2.68 bits per heavy atom. The van der Waals surface area contributed by atoms with Crippen LogP contribution in [0.2, 0.25) is 0 Å². The number of benzene rings is 3.